The van der Waals surface area contributed by atoms with Crippen molar-refractivity contribution in [3.05, 3.63) is 36.4 Å². The van der Waals surface area contributed by atoms with E-state index in [1.54, 1.807) is 11.4 Å². The summed E-state index contributed by atoms with van der Waals surface area (Å²) >= 11 is 0. The highest BCUT2D eigenvalue weighted by Crippen LogP contribution is 2.44. The molecule has 4 atom stereocenters. The molecule has 2 aliphatic rings. The highest BCUT2D eigenvalue weighted by Gasteiger charge is 2.46. The number of anilines is 1. The molecular formula is C23H29N7O2. The SMILES string of the molecule is CCn1cc(-c2cc3c(N[C@@H]4C[C@@H]5CN(C(C)=O)C[C@H]5[C@@H]4C)c(C(N)=O)cnn3c2)cn1. The van der Waals surface area contributed by atoms with E-state index in [-0.39, 0.29) is 11.9 Å². The predicted molar refractivity (Wildman–Crippen MR) is 121 cm³/mol. The number of aromatic nitrogens is 4. The summed E-state index contributed by atoms with van der Waals surface area (Å²) in [5, 5.41) is 12.4. The van der Waals surface area contributed by atoms with Gasteiger partial charge in [0, 0.05) is 56.1 Å². The summed E-state index contributed by atoms with van der Waals surface area (Å²) in [6.45, 7) is 8.34. The Balaban J connectivity index is 1.48. The van der Waals surface area contributed by atoms with Crippen molar-refractivity contribution in [1.29, 1.82) is 0 Å². The lowest BCUT2D eigenvalue weighted by Gasteiger charge is -2.25. The number of nitrogens with zero attached hydrogens (tertiary/aromatic N) is 5. The third kappa shape index (κ3) is 3.32. The van der Waals surface area contributed by atoms with Gasteiger partial charge in [-0.1, -0.05) is 6.92 Å². The van der Waals surface area contributed by atoms with Gasteiger partial charge >= 0.3 is 0 Å². The fourth-order valence-electron chi connectivity index (χ4n) is 5.45. The number of fused-ring (bicyclic) bond motifs is 2. The van der Waals surface area contributed by atoms with Crippen LogP contribution in [-0.4, -0.2) is 55.2 Å². The molecule has 0 unspecified atom stereocenters. The smallest absolute Gasteiger partial charge is 0.252 e. The van der Waals surface area contributed by atoms with E-state index in [1.807, 2.05) is 41.2 Å². The average Bonchev–Trinajstić information content (AvgIpc) is 3.52. The van der Waals surface area contributed by atoms with Gasteiger partial charge in [0.25, 0.3) is 5.91 Å². The Kier molecular flexibility index (Phi) is 4.91. The quantitative estimate of drug-likeness (QED) is 0.639. The van der Waals surface area contributed by atoms with Crippen LogP contribution in [0.3, 0.4) is 0 Å². The summed E-state index contributed by atoms with van der Waals surface area (Å²) in [4.78, 5) is 26.0. The highest BCUT2D eigenvalue weighted by molar-refractivity contribution is 6.02. The Morgan fingerprint density at radius 1 is 1.19 bits per heavy atom. The number of hydrogen-bond donors (Lipinski definition) is 2. The molecular weight excluding hydrogens is 406 g/mol. The van der Waals surface area contributed by atoms with E-state index < -0.39 is 5.91 Å². The third-order valence-electron chi connectivity index (χ3n) is 7.33. The number of carbonyl (C=O) groups excluding carboxylic acids is 2. The first-order chi connectivity index (χ1) is 15.4. The molecule has 3 aromatic heterocycles. The maximum absolute atomic E-state index is 12.2. The number of amides is 2. The van der Waals surface area contributed by atoms with Crippen LogP contribution in [0.2, 0.25) is 0 Å². The van der Waals surface area contributed by atoms with Crippen molar-refractivity contribution < 1.29 is 9.59 Å². The van der Waals surface area contributed by atoms with Crippen LogP contribution in [0, 0.1) is 17.8 Å². The van der Waals surface area contributed by atoms with Crippen LogP contribution in [-0.2, 0) is 11.3 Å². The topological polar surface area (TPSA) is 111 Å². The Morgan fingerprint density at radius 2 is 2.00 bits per heavy atom. The van der Waals surface area contributed by atoms with E-state index in [1.165, 1.54) is 6.20 Å². The lowest BCUT2D eigenvalue weighted by molar-refractivity contribution is -0.128. The van der Waals surface area contributed by atoms with Gasteiger partial charge in [0.05, 0.1) is 29.2 Å². The molecule has 1 saturated carbocycles. The van der Waals surface area contributed by atoms with Gasteiger partial charge in [-0.15, -0.1) is 0 Å². The van der Waals surface area contributed by atoms with Crippen molar-refractivity contribution in [3.8, 4) is 11.1 Å². The minimum Gasteiger partial charge on any atom is -0.380 e. The molecule has 4 heterocycles. The minimum atomic E-state index is -0.502. The summed E-state index contributed by atoms with van der Waals surface area (Å²) in [7, 11) is 0. The second-order valence-electron chi connectivity index (χ2n) is 9.13. The van der Waals surface area contributed by atoms with Crippen molar-refractivity contribution in [2.45, 2.75) is 39.8 Å². The molecule has 0 radical (unpaired) electrons. The first kappa shape index (κ1) is 20.5. The van der Waals surface area contributed by atoms with Crippen LogP contribution in [0.25, 0.3) is 16.6 Å². The van der Waals surface area contributed by atoms with E-state index in [0.29, 0.717) is 23.3 Å². The minimum absolute atomic E-state index is 0.148. The van der Waals surface area contributed by atoms with E-state index in [9.17, 15) is 9.59 Å². The molecule has 1 aliphatic heterocycles. The van der Waals surface area contributed by atoms with Gasteiger partial charge < -0.3 is 16.0 Å². The van der Waals surface area contributed by atoms with Crippen LogP contribution >= 0.6 is 0 Å². The molecule has 0 aromatic carbocycles. The first-order valence-electron chi connectivity index (χ1n) is 11.2. The van der Waals surface area contributed by atoms with Crippen molar-refractivity contribution in [3.63, 3.8) is 0 Å². The number of carbonyl (C=O) groups is 2. The largest absolute Gasteiger partial charge is 0.380 e. The lowest BCUT2D eigenvalue weighted by Crippen LogP contribution is -2.33. The van der Waals surface area contributed by atoms with Gasteiger partial charge in [-0.2, -0.15) is 10.2 Å². The number of primary amides is 1. The molecule has 32 heavy (non-hydrogen) atoms. The monoisotopic (exact) mass is 435 g/mol. The molecule has 3 aromatic rings. The Labute approximate surface area is 186 Å². The molecule has 168 valence electrons. The van der Waals surface area contributed by atoms with Gasteiger partial charge in [0.2, 0.25) is 5.91 Å². The molecule has 1 aliphatic carbocycles. The van der Waals surface area contributed by atoms with Crippen LogP contribution < -0.4 is 11.1 Å². The fourth-order valence-corrected chi connectivity index (χ4v) is 5.45. The molecule has 0 bridgehead atoms. The maximum Gasteiger partial charge on any atom is 0.252 e. The Morgan fingerprint density at radius 3 is 2.66 bits per heavy atom. The number of rotatable bonds is 5. The average molecular weight is 436 g/mol. The van der Waals surface area contributed by atoms with Crippen LogP contribution in [0.4, 0.5) is 5.69 Å². The summed E-state index contributed by atoms with van der Waals surface area (Å²) < 4.78 is 3.66. The van der Waals surface area contributed by atoms with Gasteiger partial charge in [-0.05, 0) is 37.2 Å². The number of likely N-dealkylation sites (tertiary alicyclic amines) is 1. The van der Waals surface area contributed by atoms with E-state index >= 15 is 0 Å². The standard InChI is InChI=1S/C23H29N7O2/c1-4-29-10-17(7-25-29)15-6-21-22(18(23(24)32)8-26-30(21)11-15)27-20-5-16-9-28(14(3)31)12-19(16)13(20)2/h6-8,10-11,13,16,19-20,27H,4-5,9,12H2,1-3H3,(H2,24,32)/t13-,16+,19-,20+/m0/s1. The van der Waals surface area contributed by atoms with E-state index in [0.717, 1.165) is 48.4 Å². The van der Waals surface area contributed by atoms with Crippen LogP contribution in [0.5, 0.6) is 0 Å². The normalized spacial score (nSPS) is 24.8. The third-order valence-corrected chi connectivity index (χ3v) is 7.33. The summed E-state index contributed by atoms with van der Waals surface area (Å²) in [5.41, 5.74) is 9.62. The van der Waals surface area contributed by atoms with Crippen molar-refractivity contribution in [2.24, 2.45) is 23.5 Å². The van der Waals surface area contributed by atoms with E-state index in [4.69, 9.17) is 5.73 Å². The zero-order valence-electron chi connectivity index (χ0n) is 18.7. The number of nitrogens with two attached hydrogens (primary N) is 1. The number of nitrogens with one attached hydrogen (secondary N) is 1. The number of hydrogen-bond acceptors (Lipinski definition) is 5. The molecule has 0 spiro atoms. The lowest BCUT2D eigenvalue weighted by atomic mass is 9.93. The van der Waals surface area contributed by atoms with Crippen LogP contribution in [0.1, 0.15) is 37.6 Å². The van der Waals surface area contributed by atoms with E-state index in [2.05, 4.69) is 22.4 Å². The van der Waals surface area contributed by atoms with Gasteiger partial charge in [0.1, 0.15) is 0 Å². The predicted octanol–water partition coefficient (Wildman–Crippen LogP) is 2.23. The summed E-state index contributed by atoms with van der Waals surface area (Å²) in [6.07, 6.45) is 8.27. The second-order valence-corrected chi connectivity index (χ2v) is 9.13. The van der Waals surface area contributed by atoms with Gasteiger partial charge in [0.15, 0.2) is 0 Å². The zero-order valence-corrected chi connectivity index (χ0v) is 18.7. The first-order valence-corrected chi connectivity index (χ1v) is 11.2. The summed E-state index contributed by atoms with van der Waals surface area (Å²) in [6, 6.07) is 2.22. The molecule has 2 fully saturated rings. The van der Waals surface area contributed by atoms with Crippen molar-refractivity contribution in [1.82, 2.24) is 24.3 Å². The van der Waals surface area contributed by atoms with Gasteiger partial charge in [-0.3, -0.25) is 14.3 Å². The molecule has 9 heteroatoms. The van der Waals surface area contributed by atoms with Gasteiger partial charge in [-0.25, -0.2) is 4.52 Å². The molecule has 3 N–H and O–H groups in total. The molecule has 1 saturated heterocycles. The molecule has 5 rings (SSSR count). The Bertz CT molecular complexity index is 1200. The highest BCUT2D eigenvalue weighted by atomic mass is 16.2. The number of aryl methyl sites for hydroxylation is 1. The van der Waals surface area contributed by atoms with Crippen molar-refractivity contribution >= 4 is 23.0 Å². The van der Waals surface area contributed by atoms with Crippen molar-refractivity contribution in [2.75, 3.05) is 18.4 Å². The van der Waals surface area contributed by atoms with Crippen LogP contribution in [0.15, 0.2) is 30.9 Å². The molecule has 9 nitrogen and oxygen atoms in total. The summed E-state index contributed by atoms with van der Waals surface area (Å²) in [5.74, 6) is 0.959. The molecule has 2 amide bonds. The fraction of sp³-hybridized carbons (Fsp3) is 0.478. The maximum atomic E-state index is 12.2. The second kappa shape index (κ2) is 7.65. The Hall–Kier alpha value is -3.36. The zero-order chi connectivity index (χ0) is 22.6.